The molecule has 0 radical (unpaired) electrons. The Hall–Kier alpha value is -1.27. The first-order chi connectivity index (χ1) is 10.5. The molecule has 3 unspecified atom stereocenters. The molecule has 2 N–H and O–H groups in total. The summed E-state index contributed by atoms with van der Waals surface area (Å²) in [6.45, 7) is -0.476. The lowest BCUT2D eigenvalue weighted by atomic mass is 9.87. The Bertz CT molecular complexity index is 484. The lowest BCUT2D eigenvalue weighted by Gasteiger charge is -2.27. The molecule has 1 saturated carbocycles. The first-order valence-electron chi connectivity index (χ1n) is 7.61. The van der Waals surface area contributed by atoms with E-state index >= 15 is 0 Å². The fraction of sp³-hybridized carbons (Fsp3) is 0.625. The maximum Gasteiger partial charge on any atom is 0.387 e. The minimum Gasteiger partial charge on any atom is -0.434 e. The average Bonchev–Trinajstić information content (AvgIpc) is 2.44. The van der Waals surface area contributed by atoms with Crippen LogP contribution in [0.1, 0.15) is 44.2 Å². The predicted octanol–water partition coefficient (Wildman–Crippen LogP) is 3.63. The summed E-state index contributed by atoms with van der Waals surface area (Å²) in [7, 11) is 0. The number of benzene rings is 1. The maximum atomic E-state index is 13.2. The number of halogens is 3. The Balaban J connectivity index is 1.97. The minimum absolute atomic E-state index is 0.140. The van der Waals surface area contributed by atoms with Gasteiger partial charge in [0, 0.05) is 17.7 Å². The fourth-order valence-corrected chi connectivity index (χ4v) is 2.97. The molecule has 3 nitrogen and oxygen atoms in total. The monoisotopic (exact) mass is 317 g/mol. The molecule has 0 bridgehead atoms. The zero-order chi connectivity index (χ0) is 16.1. The second-order valence-electron chi connectivity index (χ2n) is 5.88. The highest BCUT2D eigenvalue weighted by Crippen LogP contribution is 2.29. The van der Waals surface area contributed by atoms with Crippen LogP contribution in [0, 0.1) is 11.7 Å². The van der Waals surface area contributed by atoms with Crippen LogP contribution >= 0.6 is 0 Å². The molecule has 1 aromatic carbocycles. The number of ether oxygens (including phenoxy) is 1. The molecule has 1 fully saturated rings. The SMILES string of the molecule is CC(NCC1CCCC(O)C1)c1ccc(F)cc1OC(F)F. The van der Waals surface area contributed by atoms with E-state index in [1.54, 1.807) is 0 Å². The van der Waals surface area contributed by atoms with Crippen LogP contribution in [0.3, 0.4) is 0 Å². The second-order valence-corrected chi connectivity index (χ2v) is 5.88. The standard InChI is InChI=1S/C16H22F3NO2/c1-10(20-9-11-3-2-4-13(21)7-11)14-6-5-12(17)8-15(14)22-16(18)19/h5-6,8,10-11,13,16,20-21H,2-4,7,9H2,1H3. The van der Waals surface area contributed by atoms with Crippen molar-refractivity contribution >= 4 is 0 Å². The van der Waals surface area contributed by atoms with E-state index in [1.807, 2.05) is 6.92 Å². The number of alkyl halides is 2. The first-order valence-corrected chi connectivity index (χ1v) is 7.61. The van der Waals surface area contributed by atoms with Gasteiger partial charge in [0.2, 0.25) is 0 Å². The van der Waals surface area contributed by atoms with Crippen molar-refractivity contribution in [1.82, 2.24) is 5.32 Å². The number of hydrogen-bond donors (Lipinski definition) is 2. The Kier molecular flexibility index (Phi) is 6.08. The largest absolute Gasteiger partial charge is 0.434 e. The van der Waals surface area contributed by atoms with Crippen LogP contribution in [0.25, 0.3) is 0 Å². The number of hydrogen-bond acceptors (Lipinski definition) is 3. The molecular weight excluding hydrogens is 295 g/mol. The maximum absolute atomic E-state index is 13.2. The third-order valence-electron chi connectivity index (χ3n) is 4.13. The van der Waals surface area contributed by atoms with Crippen molar-refractivity contribution in [2.45, 2.75) is 51.4 Å². The highest BCUT2D eigenvalue weighted by atomic mass is 19.3. The second kappa shape index (κ2) is 7.83. The molecule has 1 aliphatic carbocycles. The lowest BCUT2D eigenvalue weighted by Crippen LogP contribution is -2.31. The van der Waals surface area contributed by atoms with Crippen molar-refractivity contribution < 1.29 is 23.0 Å². The number of rotatable bonds is 6. The number of nitrogens with one attached hydrogen (secondary N) is 1. The van der Waals surface area contributed by atoms with Gasteiger partial charge in [0.25, 0.3) is 0 Å². The third-order valence-corrected chi connectivity index (χ3v) is 4.13. The Morgan fingerprint density at radius 3 is 2.82 bits per heavy atom. The van der Waals surface area contributed by atoms with Crippen LogP contribution in [-0.4, -0.2) is 24.4 Å². The van der Waals surface area contributed by atoms with Gasteiger partial charge in [0.1, 0.15) is 11.6 Å². The molecule has 0 spiro atoms. The van der Waals surface area contributed by atoms with E-state index in [2.05, 4.69) is 10.1 Å². The van der Waals surface area contributed by atoms with Gasteiger partial charge < -0.3 is 15.2 Å². The van der Waals surface area contributed by atoms with Crippen molar-refractivity contribution in [3.63, 3.8) is 0 Å². The number of aliphatic hydroxyl groups is 1. The normalized spacial score (nSPS) is 23.5. The molecule has 0 saturated heterocycles. The smallest absolute Gasteiger partial charge is 0.387 e. The quantitative estimate of drug-likeness (QED) is 0.842. The van der Waals surface area contributed by atoms with Crippen LogP contribution in [-0.2, 0) is 0 Å². The van der Waals surface area contributed by atoms with Gasteiger partial charge in [-0.05, 0) is 44.7 Å². The molecule has 1 aromatic rings. The van der Waals surface area contributed by atoms with Gasteiger partial charge in [0.05, 0.1) is 6.10 Å². The zero-order valence-electron chi connectivity index (χ0n) is 12.6. The molecule has 0 aromatic heterocycles. The van der Waals surface area contributed by atoms with E-state index in [4.69, 9.17) is 0 Å². The topological polar surface area (TPSA) is 41.5 Å². The van der Waals surface area contributed by atoms with E-state index < -0.39 is 12.4 Å². The summed E-state index contributed by atoms with van der Waals surface area (Å²) in [5.74, 6) is -0.383. The van der Waals surface area contributed by atoms with Crippen LogP contribution in [0.2, 0.25) is 0 Å². The van der Waals surface area contributed by atoms with E-state index in [-0.39, 0.29) is 17.9 Å². The molecule has 3 atom stereocenters. The molecule has 6 heteroatoms. The Morgan fingerprint density at radius 2 is 2.14 bits per heavy atom. The minimum atomic E-state index is -2.98. The van der Waals surface area contributed by atoms with Gasteiger partial charge in [0.15, 0.2) is 0 Å². The summed E-state index contributed by atoms with van der Waals surface area (Å²) in [6.07, 6.45) is 3.39. The average molecular weight is 317 g/mol. The van der Waals surface area contributed by atoms with Crippen molar-refractivity contribution in [1.29, 1.82) is 0 Å². The Morgan fingerprint density at radius 1 is 1.36 bits per heavy atom. The molecule has 2 rings (SSSR count). The van der Waals surface area contributed by atoms with Gasteiger partial charge in [-0.1, -0.05) is 12.5 Å². The van der Waals surface area contributed by atoms with Crippen molar-refractivity contribution in [2.75, 3.05) is 6.54 Å². The van der Waals surface area contributed by atoms with E-state index in [0.717, 1.165) is 31.7 Å². The number of aliphatic hydroxyl groups excluding tert-OH is 1. The molecule has 0 heterocycles. The summed E-state index contributed by atoms with van der Waals surface area (Å²) in [6, 6.07) is 3.43. The van der Waals surface area contributed by atoms with Crippen LogP contribution in [0.15, 0.2) is 18.2 Å². The molecule has 0 amide bonds. The highest BCUT2D eigenvalue weighted by molar-refractivity contribution is 5.36. The molecular formula is C16H22F3NO2. The molecule has 0 aliphatic heterocycles. The van der Waals surface area contributed by atoms with E-state index in [0.29, 0.717) is 18.0 Å². The fourth-order valence-electron chi connectivity index (χ4n) is 2.97. The van der Waals surface area contributed by atoms with Crippen LogP contribution < -0.4 is 10.1 Å². The molecule has 1 aliphatic rings. The van der Waals surface area contributed by atoms with Gasteiger partial charge >= 0.3 is 6.61 Å². The summed E-state index contributed by atoms with van der Waals surface area (Å²) in [5, 5.41) is 12.9. The third kappa shape index (κ3) is 4.88. The Labute approximate surface area is 128 Å². The first kappa shape index (κ1) is 17.1. The van der Waals surface area contributed by atoms with Crippen LogP contribution in [0.5, 0.6) is 5.75 Å². The van der Waals surface area contributed by atoms with Gasteiger partial charge in [-0.2, -0.15) is 8.78 Å². The van der Waals surface area contributed by atoms with E-state index in [9.17, 15) is 18.3 Å². The molecule has 22 heavy (non-hydrogen) atoms. The summed E-state index contributed by atoms with van der Waals surface area (Å²) in [4.78, 5) is 0. The van der Waals surface area contributed by atoms with Crippen LogP contribution in [0.4, 0.5) is 13.2 Å². The zero-order valence-corrected chi connectivity index (χ0v) is 12.6. The van der Waals surface area contributed by atoms with Gasteiger partial charge in [-0.25, -0.2) is 4.39 Å². The highest BCUT2D eigenvalue weighted by Gasteiger charge is 2.21. The van der Waals surface area contributed by atoms with Gasteiger partial charge in [-0.3, -0.25) is 0 Å². The lowest BCUT2D eigenvalue weighted by molar-refractivity contribution is -0.0508. The molecule has 124 valence electrons. The van der Waals surface area contributed by atoms with Crippen molar-refractivity contribution in [2.24, 2.45) is 5.92 Å². The van der Waals surface area contributed by atoms with Crippen molar-refractivity contribution in [3.8, 4) is 5.75 Å². The predicted molar refractivity (Wildman–Crippen MR) is 77.4 cm³/mol. The summed E-state index contributed by atoms with van der Waals surface area (Å²) >= 11 is 0. The summed E-state index contributed by atoms with van der Waals surface area (Å²) < 4.78 is 42.5. The van der Waals surface area contributed by atoms with Crippen molar-refractivity contribution in [3.05, 3.63) is 29.6 Å². The van der Waals surface area contributed by atoms with E-state index in [1.165, 1.54) is 12.1 Å². The summed E-state index contributed by atoms with van der Waals surface area (Å²) in [5.41, 5.74) is 0.498. The van der Waals surface area contributed by atoms with Gasteiger partial charge in [-0.15, -0.1) is 0 Å².